The summed E-state index contributed by atoms with van der Waals surface area (Å²) in [5.74, 6) is -0.296. The quantitative estimate of drug-likeness (QED) is 0.860. The normalized spacial score (nSPS) is 10.6. The molecule has 0 saturated heterocycles. The molecule has 0 aliphatic heterocycles. The summed E-state index contributed by atoms with van der Waals surface area (Å²) in [6.07, 6.45) is -0.199. The van der Waals surface area contributed by atoms with E-state index in [1.54, 1.807) is 24.3 Å². The van der Waals surface area contributed by atoms with E-state index in [0.717, 1.165) is 0 Å². The van der Waals surface area contributed by atoms with Gasteiger partial charge in [-0.15, -0.1) is 0 Å². The van der Waals surface area contributed by atoms with Crippen LogP contribution >= 0.6 is 0 Å². The average molecular weight is 300 g/mol. The van der Waals surface area contributed by atoms with Gasteiger partial charge in [0.05, 0.1) is 17.4 Å². The summed E-state index contributed by atoms with van der Waals surface area (Å²) >= 11 is 0. The van der Waals surface area contributed by atoms with Crippen molar-refractivity contribution in [3.63, 3.8) is 0 Å². The number of nitriles is 1. The van der Waals surface area contributed by atoms with Crippen LogP contribution in [0.5, 0.6) is 0 Å². The Morgan fingerprint density at radius 1 is 1.05 bits per heavy atom. The van der Waals surface area contributed by atoms with Crippen LogP contribution in [0.15, 0.2) is 59.5 Å². The lowest BCUT2D eigenvalue weighted by atomic mass is 10.1. The molecule has 106 valence electrons. The number of hydrogen-bond acceptors (Lipinski definition) is 4. The number of nitrogens with one attached hydrogen (secondary N) is 1. The van der Waals surface area contributed by atoms with Gasteiger partial charge >= 0.3 is 0 Å². The lowest BCUT2D eigenvalue weighted by Gasteiger charge is -2.08. The molecule has 1 N–H and O–H groups in total. The molecule has 0 heterocycles. The van der Waals surface area contributed by atoms with Crippen LogP contribution in [0.1, 0.15) is 16.8 Å². The maximum Gasteiger partial charge on any atom is 0.261 e. The second-order valence-corrected chi connectivity index (χ2v) is 5.94. The molecule has 2 aromatic carbocycles. The lowest BCUT2D eigenvalue weighted by Crippen LogP contribution is -2.12. The monoisotopic (exact) mass is 300 g/mol. The largest absolute Gasteiger partial charge is 0.293 e. The van der Waals surface area contributed by atoms with E-state index in [1.807, 2.05) is 0 Å². The zero-order valence-corrected chi connectivity index (χ0v) is 11.8. The predicted molar refractivity (Wildman–Crippen MR) is 78.3 cm³/mol. The Morgan fingerprint density at radius 2 is 1.67 bits per heavy atom. The fourth-order valence-corrected chi connectivity index (χ4v) is 2.79. The molecule has 6 heteroatoms. The summed E-state index contributed by atoms with van der Waals surface area (Å²) in [6, 6.07) is 15.7. The van der Waals surface area contributed by atoms with Crippen LogP contribution in [-0.4, -0.2) is 14.2 Å². The number of nitrogens with zero attached hydrogens (tertiary/aromatic N) is 1. The van der Waals surface area contributed by atoms with Gasteiger partial charge in [-0.3, -0.25) is 9.52 Å². The maximum absolute atomic E-state index is 12.1. The van der Waals surface area contributed by atoms with Gasteiger partial charge in [-0.05, 0) is 36.4 Å². The SMILES string of the molecule is N#CCC(=O)c1ccc(NS(=O)(=O)c2ccccc2)cc1. The minimum absolute atomic E-state index is 0.162. The molecule has 2 rings (SSSR count). The van der Waals surface area contributed by atoms with Crippen molar-refractivity contribution in [2.45, 2.75) is 11.3 Å². The summed E-state index contributed by atoms with van der Waals surface area (Å²) < 4.78 is 26.6. The molecule has 0 amide bonds. The van der Waals surface area contributed by atoms with Crippen LogP contribution in [0.25, 0.3) is 0 Å². The fourth-order valence-electron chi connectivity index (χ4n) is 1.71. The second-order valence-electron chi connectivity index (χ2n) is 4.25. The van der Waals surface area contributed by atoms with Crippen LogP contribution < -0.4 is 4.72 Å². The summed E-state index contributed by atoms with van der Waals surface area (Å²) in [5, 5.41) is 8.47. The number of rotatable bonds is 5. The minimum Gasteiger partial charge on any atom is -0.293 e. The van der Waals surface area contributed by atoms with E-state index < -0.39 is 10.0 Å². The Kier molecular flexibility index (Phi) is 4.36. The molecule has 2 aromatic rings. The molecule has 0 aliphatic rings. The van der Waals surface area contributed by atoms with E-state index >= 15 is 0 Å². The number of benzene rings is 2. The van der Waals surface area contributed by atoms with Gasteiger partial charge in [0.15, 0.2) is 5.78 Å². The fraction of sp³-hybridized carbons (Fsp3) is 0.0667. The third-order valence-electron chi connectivity index (χ3n) is 2.75. The van der Waals surface area contributed by atoms with E-state index in [-0.39, 0.29) is 17.1 Å². The molecular weight excluding hydrogens is 288 g/mol. The molecule has 21 heavy (non-hydrogen) atoms. The number of ketones is 1. The van der Waals surface area contributed by atoms with Gasteiger partial charge in [0.1, 0.15) is 0 Å². The van der Waals surface area contributed by atoms with Crippen molar-refractivity contribution >= 4 is 21.5 Å². The summed E-state index contributed by atoms with van der Waals surface area (Å²) in [4.78, 5) is 11.7. The van der Waals surface area contributed by atoms with E-state index in [0.29, 0.717) is 11.3 Å². The highest BCUT2D eigenvalue weighted by Gasteiger charge is 2.13. The van der Waals surface area contributed by atoms with Crippen LogP contribution in [-0.2, 0) is 10.0 Å². The number of sulfonamides is 1. The number of carbonyl (C=O) groups is 1. The Balaban J connectivity index is 2.18. The number of Topliss-reactive ketones (excluding diaryl/α,β-unsaturated/α-hetero) is 1. The molecule has 0 aromatic heterocycles. The molecule has 0 atom stereocenters. The minimum atomic E-state index is -3.64. The topological polar surface area (TPSA) is 87.0 Å². The van der Waals surface area contributed by atoms with Crippen molar-refractivity contribution in [3.8, 4) is 6.07 Å². The van der Waals surface area contributed by atoms with Crippen molar-refractivity contribution in [2.75, 3.05) is 4.72 Å². The Bertz CT molecular complexity index is 776. The Labute approximate surface area is 122 Å². The first-order valence-corrected chi connectivity index (χ1v) is 7.59. The number of carbonyl (C=O) groups excluding carboxylic acids is 1. The highest BCUT2D eigenvalue weighted by Crippen LogP contribution is 2.16. The molecule has 0 unspecified atom stereocenters. The highest BCUT2D eigenvalue weighted by atomic mass is 32.2. The van der Waals surface area contributed by atoms with Gasteiger partial charge in [-0.1, -0.05) is 18.2 Å². The Hall–Kier alpha value is -2.65. The predicted octanol–water partition coefficient (Wildman–Crippen LogP) is 2.58. The number of hydrogen-bond donors (Lipinski definition) is 1. The molecule has 0 spiro atoms. The van der Waals surface area contributed by atoms with Crippen molar-refractivity contribution in [1.29, 1.82) is 5.26 Å². The van der Waals surface area contributed by atoms with E-state index in [9.17, 15) is 13.2 Å². The van der Waals surface area contributed by atoms with Crippen molar-refractivity contribution < 1.29 is 13.2 Å². The van der Waals surface area contributed by atoms with Crippen LogP contribution in [0.2, 0.25) is 0 Å². The summed E-state index contributed by atoms with van der Waals surface area (Å²) in [5.41, 5.74) is 0.728. The van der Waals surface area contributed by atoms with Crippen molar-refractivity contribution in [2.24, 2.45) is 0 Å². The summed E-state index contributed by atoms with van der Waals surface area (Å²) in [7, 11) is -3.64. The van der Waals surface area contributed by atoms with Crippen molar-refractivity contribution in [1.82, 2.24) is 0 Å². The number of anilines is 1. The second kappa shape index (κ2) is 6.20. The van der Waals surface area contributed by atoms with Crippen LogP contribution in [0.3, 0.4) is 0 Å². The van der Waals surface area contributed by atoms with E-state index in [1.165, 1.54) is 36.4 Å². The van der Waals surface area contributed by atoms with Gasteiger partial charge in [-0.25, -0.2) is 8.42 Å². The highest BCUT2D eigenvalue weighted by molar-refractivity contribution is 7.92. The van der Waals surface area contributed by atoms with Crippen LogP contribution in [0.4, 0.5) is 5.69 Å². The standard InChI is InChI=1S/C15H12N2O3S/c16-11-10-15(18)12-6-8-13(9-7-12)17-21(19,20)14-4-2-1-3-5-14/h1-9,17H,10H2. The van der Waals surface area contributed by atoms with Gasteiger partial charge in [0.25, 0.3) is 10.0 Å². The van der Waals surface area contributed by atoms with Gasteiger partial charge in [0, 0.05) is 11.3 Å². The first-order valence-electron chi connectivity index (χ1n) is 6.11. The molecule has 5 nitrogen and oxygen atoms in total. The molecule has 0 fully saturated rings. The molecule has 0 aliphatic carbocycles. The average Bonchev–Trinajstić information content (AvgIpc) is 2.49. The van der Waals surface area contributed by atoms with Crippen LogP contribution in [0, 0.1) is 11.3 Å². The third kappa shape index (κ3) is 3.68. The molecular formula is C15H12N2O3S. The zero-order chi connectivity index (χ0) is 15.3. The molecule has 0 bridgehead atoms. The maximum atomic E-state index is 12.1. The van der Waals surface area contributed by atoms with Gasteiger partial charge in [-0.2, -0.15) is 5.26 Å². The lowest BCUT2D eigenvalue weighted by molar-refractivity contribution is 0.0997. The third-order valence-corrected chi connectivity index (χ3v) is 4.15. The molecule has 0 radical (unpaired) electrons. The van der Waals surface area contributed by atoms with E-state index in [2.05, 4.69) is 4.72 Å². The van der Waals surface area contributed by atoms with Crippen molar-refractivity contribution in [3.05, 3.63) is 60.2 Å². The summed E-state index contributed by atoms with van der Waals surface area (Å²) in [6.45, 7) is 0. The van der Waals surface area contributed by atoms with Gasteiger partial charge in [0.2, 0.25) is 0 Å². The first kappa shape index (κ1) is 14.8. The smallest absolute Gasteiger partial charge is 0.261 e. The Morgan fingerprint density at radius 3 is 2.24 bits per heavy atom. The van der Waals surface area contributed by atoms with E-state index in [4.69, 9.17) is 5.26 Å². The first-order chi connectivity index (χ1) is 10.0. The zero-order valence-electron chi connectivity index (χ0n) is 11.0. The van der Waals surface area contributed by atoms with Gasteiger partial charge < -0.3 is 0 Å². The molecule has 0 saturated carbocycles.